The Morgan fingerprint density at radius 2 is 2.16 bits per heavy atom. The largest absolute Gasteiger partial charge is 0.462 e. The second-order valence-electron chi connectivity index (χ2n) is 5.26. The number of nitrogens with zero attached hydrogens (tertiary/aromatic N) is 3. The number of carbonyl (C=O) groups is 2. The molecule has 0 bridgehead atoms. The first-order valence-electron chi connectivity index (χ1n) is 7.61. The van der Waals surface area contributed by atoms with Gasteiger partial charge < -0.3 is 10.1 Å². The number of ether oxygens (including phenoxy) is 1. The van der Waals surface area contributed by atoms with Crippen LogP contribution >= 0.6 is 11.3 Å². The van der Waals surface area contributed by atoms with Gasteiger partial charge in [-0.25, -0.2) is 14.3 Å². The molecular formula is C16H16N4O4S. The van der Waals surface area contributed by atoms with Crippen LogP contribution in [0.2, 0.25) is 0 Å². The smallest absolute Gasteiger partial charge is 0.350 e. The molecule has 9 heteroatoms. The number of aromatic nitrogens is 3. The highest BCUT2D eigenvalue weighted by molar-refractivity contribution is 7.18. The molecule has 0 saturated carbocycles. The number of pyridine rings is 1. The monoisotopic (exact) mass is 360 g/mol. The summed E-state index contributed by atoms with van der Waals surface area (Å²) in [5.41, 5.74) is 0.806. The Labute approximate surface area is 146 Å². The summed E-state index contributed by atoms with van der Waals surface area (Å²) in [5.74, 6) is -0.816. The fourth-order valence-electron chi connectivity index (χ4n) is 2.33. The lowest BCUT2D eigenvalue weighted by molar-refractivity contribution is -0.116. The number of hydrogen-bond acceptors (Lipinski definition) is 6. The minimum atomic E-state index is -0.415. The van der Waals surface area contributed by atoms with Crippen molar-refractivity contribution in [2.45, 2.75) is 20.4 Å². The molecule has 1 N–H and O–H groups in total. The van der Waals surface area contributed by atoms with E-state index in [1.165, 1.54) is 4.40 Å². The van der Waals surface area contributed by atoms with Crippen molar-refractivity contribution in [3.63, 3.8) is 0 Å². The molecule has 0 saturated heterocycles. The Kier molecular flexibility index (Phi) is 4.66. The van der Waals surface area contributed by atoms with Gasteiger partial charge in [-0.3, -0.25) is 9.20 Å². The van der Waals surface area contributed by atoms with E-state index in [9.17, 15) is 14.4 Å². The number of esters is 1. The highest BCUT2D eigenvalue weighted by Crippen LogP contribution is 2.27. The summed E-state index contributed by atoms with van der Waals surface area (Å²) in [4.78, 5) is 36.6. The molecule has 0 aromatic carbocycles. The Morgan fingerprint density at radius 1 is 1.36 bits per heavy atom. The van der Waals surface area contributed by atoms with Crippen LogP contribution in [-0.4, -0.2) is 32.7 Å². The van der Waals surface area contributed by atoms with Crippen LogP contribution in [-0.2, 0) is 16.1 Å². The number of anilines is 1. The first-order chi connectivity index (χ1) is 12.0. The van der Waals surface area contributed by atoms with Gasteiger partial charge in [0.25, 0.3) is 0 Å². The molecule has 0 spiro atoms. The highest BCUT2D eigenvalue weighted by atomic mass is 32.1. The van der Waals surface area contributed by atoms with Crippen LogP contribution < -0.4 is 11.0 Å². The number of hydrogen-bond donors (Lipinski definition) is 1. The fourth-order valence-corrected chi connectivity index (χ4v) is 3.31. The van der Waals surface area contributed by atoms with Crippen molar-refractivity contribution in [3.8, 4) is 0 Å². The third-order valence-electron chi connectivity index (χ3n) is 3.42. The van der Waals surface area contributed by atoms with Crippen molar-refractivity contribution in [1.82, 2.24) is 14.2 Å². The molecule has 3 aromatic heterocycles. The van der Waals surface area contributed by atoms with Gasteiger partial charge in [0.1, 0.15) is 11.4 Å². The molecule has 0 aliphatic rings. The highest BCUT2D eigenvalue weighted by Gasteiger charge is 2.17. The number of aryl methyl sites for hydroxylation is 1. The van der Waals surface area contributed by atoms with Gasteiger partial charge in [0, 0.05) is 6.20 Å². The van der Waals surface area contributed by atoms with E-state index in [-0.39, 0.29) is 18.8 Å². The summed E-state index contributed by atoms with van der Waals surface area (Å²) in [5, 5.41) is 7.30. The summed E-state index contributed by atoms with van der Waals surface area (Å²) < 4.78 is 7.43. The van der Waals surface area contributed by atoms with Gasteiger partial charge in [0.2, 0.25) is 5.91 Å². The van der Waals surface area contributed by atoms with E-state index in [0.717, 1.165) is 21.6 Å². The maximum atomic E-state index is 12.2. The fraction of sp³-hybridized carbons (Fsp3) is 0.250. The average Bonchev–Trinajstić information content (AvgIpc) is 3.08. The summed E-state index contributed by atoms with van der Waals surface area (Å²) in [7, 11) is 0. The third-order valence-corrected chi connectivity index (χ3v) is 4.56. The standard InChI is InChI=1S/C16H16N4O4S/c1-3-24-15(22)14-10(2)8-13(25-14)17-12(21)9-20-16(23)19-7-5-4-6-11(19)18-20/h4-8H,3,9H2,1-2H3,(H,17,21). The van der Waals surface area contributed by atoms with Crippen LogP contribution in [0.1, 0.15) is 22.2 Å². The molecule has 8 nitrogen and oxygen atoms in total. The van der Waals surface area contributed by atoms with Crippen molar-refractivity contribution < 1.29 is 14.3 Å². The predicted molar refractivity (Wildman–Crippen MR) is 93.1 cm³/mol. The van der Waals surface area contributed by atoms with E-state index in [1.807, 2.05) is 0 Å². The Hall–Kier alpha value is -2.94. The molecule has 0 atom stereocenters. The van der Waals surface area contributed by atoms with E-state index in [0.29, 0.717) is 15.5 Å². The van der Waals surface area contributed by atoms with E-state index >= 15 is 0 Å². The molecule has 0 fully saturated rings. The van der Waals surface area contributed by atoms with Crippen molar-refractivity contribution in [2.24, 2.45) is 0 Å². The van der Waals surface area contributed by atoms with Gasteiger partial charge in [-0.1, -0.05) is 6.07 Å². The minimum absolute atomic E-state index is 0.216. The van der Waals surface area contributed by atoms with E-state index in [2.05, 4.69) is 10.4 Å². The second-order valence-corrected chi connectivity index (χ2v) is 6.31. The van der Waals surface area contributed by atoms with Crippen LogP contribution in [0.25, 0.3) is 5.65 Å². The topological polar surface area (TPSA) is 94.7 Å². The molecule has 25 heavy (non-hydrogen) atoms. The molecule has 3 aromatic rings. The predicted octanol–water partition coefficient (Wildman–Crippen LogP) is 1.68. The summed E-state index contributed by atoms with van der Waals surface area (Å²) in [6.07, 6.45) is 1.59. The normalized spacial score (nSPS) is 10.8. The quantitative estimate of drug-likeness (QED) is 0.699. The van der Waals surface area contributed by atoms with Crippen molar-refractivity contribution in [3.05, 3.63) is 51.4 Å². The Bertz CT molecular complexity index is 1000. The SMILES string of the molecule is CCOC(=O)c1sc(NC(=O)Cn2nc3ccccn3c2=O)cc1C. The number of thiophene rings is 1. The molecule has 3 heterocycles. The summed E-state index contributed by atoms with van der Waals surface area (Å²) in [6.45, 7) is 3.57. The van der Waals surface area contributed by atoms with Crippen LogP contribution in [0, 0.1) is 6.92 Å². The Balaban J connectivity index is 1.74. The lowest BCUT2D eigenvalue weighted by atomic mass is 10.3. The summed E-state index contributed by atoms with van der Waals surface area (Å²) in [6, 6.07) is 6.86. The van der Waals surface area contributed by atoms with Crippen LogP contribution in [0.15, 0.2) is 35.3 Å². The zero-order chi connectivity index (χ0) is 18.0. The molecule has 3 rings (SSSR count). The molecule has 0 aliphatic carbocycles. The molecule has 0 aliphatic heterocycles. The van der Waals surface area contributed by atoms with Crippen molar-refractivity contribution >= 4 is 33.9 Å². The average molecular weight is 360 g/mol. The van der Waals surface area contributed by atoms with Crippen LogP contribution in [0.4, 0.5) is 5.00 Å². The summed E-state index contributed by atoms with van der Waals surface area (Å²) >= 11 is 1.14. The van der Waals surface area contributed by atoms with E-state index in [4.69, 9.17) is 4.74 Å². The molecule has 130 valence electrons. The lowest BCUT2D eigenvalue weighted by Gasteiger charge is -2.01. The first-order valence-corrected chi connectivity index (χ1v) is 8.43. The van der Waals surface area contributed by atoms with Crippen LogP contribution in [0.5, 0.6) is 0 Å². The van der Waals surface area contributed by atoms with Gasteiger partial charge >= 0.3 is 11.7 Å². The van der Waals surface area contributed by atoms with Crippen molar-refractivity contribution in [2.75, 3.05) is 11.9 Å². The second kappa shape index (κ2) is 6.89. The van der Waals surface area contributed by atoms with E-state index < -0.39 is 11.9 Å². The number of rotatable bonds is 5. The number of amides is 1. The van der Waals surface area contributed by atoms with Gasteiger partial charge in [-0.15, -0.1) is 16.4 Å². The number of fused-ring (bicyclic) bond motifs is 1. The molecule has 0 radical (unpaired) electrons. The zero-order valence-corrected chi connectivity index (χ0v) is 14.5. The van der Waals surface area contributed by atoms with Gasteiger partial charge in [0.05, 0.1) is 11.6 Å². The van der Waals surface area contributed by atoms with Crippen LogP contribution in [0.3, 0.4) is 0 Å². The number of nitrogens with one attached hydrogen (secondary N) is 1. The number of carbonyl (C=O) groups excluding carboxylic acids is 2. The van der Waals surface area contributed by atoms with Gasteiger partial charge in [-0.2, -0.15) is 0 Å². The maximum Gasteiger partial charge on any atom is 0.350 e. The maximum absolute atomic E-state index is 12.2. The first kappa shape index (κ1) is 16.9. The van der Waals surface area contributed by atoms with Crippen molar-refractivity contribution in [1.29, 1.82) is 0 Å². The molecule has 0 unspecified atom stereocenters. The molecular weight excluding hydrogens is 344 g/mol. The van der Waals surface area contributed by atoms with Gasteiger partial charge in [-0.05, 0) is 37.6 Å². The molecule has 1 amide bonds. The minimum Gasteiger partial charge on any atom is -0.462 e. The zero-order valence-electron chi connectivity index (χ0n) is 13.7. The van der Waals surface area contributed by atoms with Gasteiger partial charge in [0.15, 0.2) is 5.65 Å². The Morgan fingerprint density at radius 3 is 2.88 bits per heavy atom. The third kappa shape index (κ3) is 3.45. The lowest BCUT2D eigenvalue weighted by Crippen LogP contribution is -2.28. The van der Waals surface area contributed by atoms with E-state index in [1.54, 1.807) is 44.3 Å².